The smallest absolute Gasteiger partial charge is 0.326 e. The van der Waals surface area contributed by atoms with Crippen molar-refractivity contribution in [1.82, 2.24) is 10.2 Å². The molecule has 5 nitrogen and oxygen atoms in total. The number of likely N-dealkylation sites (N-methyl/N-ethyl adjacent to an activating group) is 1. The molecule has 1 N–H and O–H groups in total. The molecule has 0 unspecified atom stereocenters. The van der Waals surface area contributed by atoms with E-state index in [0.717, 1.165) is 11.3 Å². The Bertz CT molecular complexity index is 643. The van der Waals surface area contributed by atoms with Crippen LogP contribution in [0, 0.1) is 5.92 Å². The fourth-order valence-corrected chi connectivity index (χ4v) is 4.05. The normalized spacial score (nSPS) is 26.4. The van der Waals surface area contributed by atoms with E-state index in [-0.39, 0.29) is 23.8 Å². The highest BCUT2D eigenvalue weighted by molar-refractivity contribution is 7.98. The Morgan fingerprint density at radius 3 is 2.72 bits per heavy atom. The van der Waals surface area contributed by atoms with Crippen LogP contribution < -0.4 is 5.32 Å². The maximum Gasteiger partial charge on any atom is 0.326 e. The summed E-state index contributed by atoms with van der Waals surface area (Å²) in [7, 11) is 3.22. The van der Waals surface area contributed by atoms with Crippen molar-refractivity contribution in [3.05, 3.63) is 34.9 Å². The Labute approximate surface area is 158 Å². The first-order chi connectivity index (χ1) is 11.9. The third-order valence-corrected chi connectivity index (χ3v) is 5.94. The molecule has 3 atom stereocenters. The molecule has 1 saturated heterocycles. The average molecular weight is 385 g/mol. The summed E-state index contributed by atoms with van der Waals surface area (Å²) in [6, 6.07) is 7.18. The molecule has 1 heterocycles. The van der Waals surface area contributed by atoms with Gasteiger partial charge in [-0.25, -0.2) is 0 Å². The van der Waals surface area contributed by atoms with Crippen LogP contribution in [0.15, 0.2) is 24.3 Å². The molecule has 25 heavy (non-hydrogen) atoms. The summed E-state index contributed by atoms with van der Waals surface area (Å²) in [4.78, 5) is 27.1. The summed E-state index contributed by atoms with van der Waals surface area (Å²) in [6.45, 7) is 2.42. The standard InChI is InChI=1S/C18H25ClN2O3S/c1-18(17(23)24-3)11-13(16(22)20-9-10-25-4)15(21(18)2)12-7-5-6-8-14(12)19/h5-8,13,15H,9-11H2,1-4H3,(H,20,22)/t13-,15-,18-/m0/s1. The summed E-state index contributed by atoms with van der Waals surface area (Å²) >= 11 is 8.07. The molecule has 1 aromatic rings. The third-order valence-electron chi connectivity index (χ3n) is 4.99. The Morgan fingerprint density at radius 2 is 2.12 bits per heavy atom. The zero-order valence-electron chi connectivity index (χ0n) is 15.0. The lowest BCUT2D eigenvalue weighted by molar-refractivity contribution is -0.152. The first-order valence-corrected chi connectivity index (χ1v) is 9.96. The van der Waals surface area contributed by atoms with E-state index in [1.165, 1.54) is 7.11 Å². The van der Waals surface area contributed by atoms with Crippen molar-refractivity contribution >= 4 is 35.2 Å². The molecule has 7 heteroatoms. The maximum absolute atomic E-state index is 12.8. The molecule has 1 amide bonds. The summed E-state index contributed by atoms with van der Waals surface area (Å²) in [5.74, 6) is 0.0695. The highest BCUT2D eigenvalue weighted by atomic mass is 35.5. The van der Waals surface area contributed by atoms with Crippen LogP contribution in [0.1, 0.15) is 24.9 Å². The first kappa shape index (κ1) is 20.1. The average Bonchev–Trinajstić information content (AvgIpc) is 2.87. The van der Waals surface area contributed by atoms with E-state index in [1.54, 1.807) is 17.8 Å². The largest absolute Gasteiger partial charge is 0.468 e. The Kier molecular flexibility index (Phi) is 6.77. The summed E-state index contributed by atoms with van der Waals surface area (Å²) in [6.07, 6.45) is 2.38. The van der Waals surface area contributed by atoms with E-state index in [9.17, 15) is 9.59 Å². The molecule has 0 aliphatic carbocycles. The Morgan fingerprint density at radius 1 is 1.44 bits per heavy atom. The van der Waals surface area contributed by atoms with Crippen LogP contribution in [0.3, 0.4) is 0 Å². The molecule has 0 spiro atoms. The van der Waals surface area contributed by atoms with E-state index in [0.29, 0.717) is 18.0 Å². The Hall–Kier alpha value is -1.24. The van der Waals surface area contributed by atoms with Crippen molar-refractivity contribution in [2.75, 3.05) is 32.7 Å². The molecule has 1 aromatic carbocycles. The number of esters is 1. The number of likely N-dealkylation sites (tertiary alicyclic amines) is 1. The number of benzene rings is 1. The van der Waals surface area contributed by atoms with Crippen molar-refractivity contribution < 1.29 is 14.3 Å². The number of halogens is 1. The highest BCUT2D eigenvalue weighted by Crippen LogP contribution is 2.47. The molecule has 2 rings (SSSR count). The zero-order chi connectivity index (χ0) is 18.6. The lowest BCUT2D eigenvalue weighted by Gasteiger charge is -2.33. The number of amides is 1. The second-order valence-corrected chi connectivity index (χ2v) is 7.83. The number of hydrogen-bond acceptors (Lipinski definition) is 5. The molecule has 0 radical (unpaired) electrons. The van der Waals surface area contributed by atoms with Gasteiger partial charge in [0.15, 0.2) is 0 Å². The predicted molar refractivity (Wildman–Crippen MR) is 102 cm³/mol. The first-order valence-electron chi connectivity index (χ1n) is 8.19. The molecular weight excluding hydrogens is 360 g/mol. The fourth-order valence-electron chi connectivity index (χ4n) is 3.49. The number of hydrogen-bond donors (Lipinski definition) is 1. The number of thioether (sulfide) groups is 1. The number of ether oxygens (including phenoxy) is 1. The van der Waals surface area contributed by atoms with Crippen molar-refractivity contribution in [1.29, 1.82) is 0 Å². The maximum atomic E-state index is 12.8. The Balaban J connectivity index is 2.38. The van der Waals surface area contributed by atoms with Crippen molar-refractivity contribution in [2.24, 2.45) is 5.92 Å². The van der Waals surface area contributed by atoms with Crippen LogP contribution in [0.2, 0.25) is 5.02 Å². The lowest BCUT2D eigenvalue weighted by atomic mass is 9.89. The van der Waals surface area contributed by atoms with Gasteiger partial charge in [0, 0.05) is 23.4 Å². The number of carbonyl (C=O) groups is 2. The van der Waals surface area contributed by atoms with Crippen molar-refractivity contribution in [2.45, 2.75) is 24.9 Å². The molecule has 1 aliphatic heterocycles. The molecule has 1 fully saturated rings. The van der Waals surface area contributed by atoms with Crippen LogP contribution in [-0.2, 0) is 14.3 Å². The second kappa shape index (κ2) is 8.43. The van der Waals surface area contributed by atoms with Crippen LogP contribution >= 0.6 is 23.4 Å². The van der Waals surface area contributed by atoms with Crippen LogP contribution in [0.5, 0.6) is 0 Å². The van der Waals surface area contributed by atoms with Gasteiger partial charge in [0.25, 0.3) is 0 Å². The monoisotopic (exact) mass is 384 g/mol. The predicted octanol–water partition coefficient (Wildman–Crippen LogP) is 2.74. The van der Waals surface area contributed by atoms with Gasteiger partial charge in [0.2, 0.25) is 5.91 Å². The van der Waals surface area contributed by atoms with Gasteiger partial charge >= 0.3 is 5.97 Å². The van der Waals surface area contributed by atoms with Gasteiger partial charge in [-0.3, -0.25) is 14.5 Å². The van der Waals surface area contributed by atoms with Gasteiger partial charge in [0.1, 0.15) is 5.54 Å². The van der Waals surface area contributed by atoms with Gasteiger partial charge in [-0.05, 0) is 38.3 Å². The van der Waals surface area contributed by atoms with Crippen molar-refractivity contribution in [3.63, 3.8) is 0 Å². The number of carbonyl (C=O) groups excluding carboxylic acids is 2. The van der Waals surface area contributed by atoms with Gasteiger partial charge in [-0.1, -0.05) is 29.8 Å². The van der Waals surface area contributed by atoms with E-state index in [4.69, 9.17) is 16.3 Å². The van der Waals surface area contributed by atoms with Crippen LogP contribution in [0.25, 0.3) is 0 Å². The molecule has 0 bridgehead atoms. The molecule has 0 saturated carbocycles. The van der Waals surface area contributed by atoms with Gasteiger partial charge in [0.05, 0.1) is 13.0 Å². The molecule has 0 aromatic heterocycles. The lowest BCUT2D eigenvalue weighted by Crippen LogP contribution is -2.47. The van der Waals surface area contributed by atoms with Crippen LogP contribution in [0.4, 0.5) is 0 Å². The zero-order valence-corrected chi connectivity index (χ0v) is 16.6. The molecule has 138 valence electrons. The second-order valence-electron chi connectivity index (χ2n) is 6.44. The van der Waals surface area contributed by atoms with Crippen LogP contribution in [-0.4, -0.2) is 55.0 Å². The summed E-state index contributed by atoms with van der Waals surface area (Å²) < 4.78 is 5.00. The summed E-state index contributed by atoms with van der Waals surface area (Å²) in [5, 5.41) is 3.57. The minimum absolute atomic E-state index is 0.0570. The van der Waals surface area contributed by atoms with Gasteiger partial charge in [-0.2, -0.15) is 11.8 Å². The van der Waals surface area contributed by atoms with E-state index >= 15 is 0 Å². The number of methoxy groups -OCH3 is 1. The quantitative estimate of drug-likeness (QED) is 0.603. The van der Waals surface area contributed by atoms with E-state index < -0.39 is 5.54 Å². The summed E-state index contributed by atoms with van der Waals surface area (Å²) in [5.41, 5.74) is -0.0237. The minimum Gasteiger partial charge on any atom is -0.468 e. The van der Waals surface area contributed by atoms with E-state index in [2.05, 4.69) is 5.32 Å². The van der Waals surface area contributed by atoms with Gasteiger partial charge in [-0.15, -0.1) is 0 Å². The topological polar surface area (TPSA) is 58.6 Å². The highest BCUT2D eigenvalue weighted by Gasteiger charge is 2.55. The minimum atomic E-state index is -0.875. The number of nitrogens with one attached hydrogen (secondary N) is 1. The fraction of sp³-hybridized carbons (Fsp3) is 0.556. The van der Waals surface area contributed by atoms with Crippen molar-refractivity contribution in [3.8, 4) is 0 Å². The number of rotatable bonds is 6. The molecule has 1 aliphatic rings. The number of nitrogens with zero attached hydrogens (tertiary/aromatic N) is 1. The van der Waals surface area contributed by atoms with E-state index in [1.807, 2.05) is 43.3 Å². The third kappa shape index (κ3) is 3.96. The van der Waals surface area contributed by atoms with Gasteiger partial charge < -0.3 is 10.1 Å². The SMILES string of the molecule is COC(=O)[C@]1(C)C[C@H](C(=O)NCCSC)[C@H](c2ccccc2Cl)N1C. The molecular formula is C18H25ClN2O3S.